The largest absolute Gasteiger partial charge is 0.465 e. The number of methoxy groups -OCH3 is 1. The second kappa shape index (κ2) is 8.79. The van der Waals surface area contributed by atoms with Gasteiger partial charge in [0.05, 0.1) is 22.9 Å². The maximum absolute atomic E-state index is 11.6. The van der Waals surface area contributed by atoms with Gasteiger partial charge in [-0.15, -0.1) is 11.3 Å². The Hall–Kier alpha value is -2.65. The molecule has 1 aliphatic rings. The Bertz CT molecular complexity index is 1010. The van der Waals surface area contributed by atoms with Crippen LogP contribution in [0.15, 0.2) is 40.9 Å². The summed E-state index contributed by atoms with van der Waals surface area (Å²) in [5.41, 5.74) is 2.56. The van der Waals surface area contributed by atoms with E-state index in [0.29, 0.717) is 24.4 Å². The van der Waals surface area contributed by atoms with Crippen molar-refractivity contribution in [3.63, 3.8) is 0 Å². The number of ether oxygens (including phenoxy) is 1. The highest BCUT2D eigenvalue weighted by Gasteiger charge is 2.21. The summed E-state index contributed by atoms with van der Waals surface area (Å²) in [7, 11) is 1.38. The smallest absolute Gasteiger partial charge is 0.337 e. The molecule has 1 amide bonds. The Kier molecular flexibility index (Phi) is 5.96. The fraction of sp³-hybridized carbons (Fsp3) is 0.300. The van der Waals surface area contributed by atoms with Gasteiger partial charge in [0.25, 0.3) is 0 Å². The topological polar surface area (TPSA) is 75.6 Å². The molecule has 1 saturated heterocycles. The summed E-state index contributed by atoms with van der Waals surface area (Å²) in [6.45, 7) is 2.94. The number of aromatic nitrogens is 2. The maximum Gasteiger partial charge on any atom is 0.337 e. The number of nitrogens with zero attached hydrogens (tertiary/aromatic N) is 4. The molecule has 0 radical (unpaired) electrons. The molecule has 0 unspecified atom stereocenters. The molecule has 0 bridgehead atoms. The van der Waals surface area contributed by atoms with Gasteiger partial charge in [-0.2, -0.15) is 0 Å². The van der Waals surface area contributed by atoms with Gasteiger partial charge < -0.3 is 14.5 Å². The Morgan fingerprint density at radius 3 is 2.62 bits per heavy atom. The minimum absolute atomic E-state index is 0.338. The average Bonchev–Trinajstić information content (AvgIpc) is 3.25. The summed E-state index contributed by atoms with van der Waals surface area (Å²) >= 11 is 3.21. The highest BCUT2D eigenvalue weighted by atomic mass is 32.2. The van der Waals surface area contributed by atoms with Crippen LogP contribution in [0.4, 0.5) is 5.82 Å². The Balaban J connectivity index is 1.51. The minimum atomic E-state index is -0.338. The number of fused-ring (bicyclic) bond motifs is 1. The first-order chi connectivity index (χ1) is 14.2. The monoisotopic (exact) mass is 428 g/mol. The highest BCUT2D eigenvalue weighted by molar-refractivity contribution is 7.98. The van der Waals surface area contributed by atoms with Gasteiger partial charge in [-0.05, 0) is 29.1 Å². The van der Waals surface area contributed by atoms with Crippen LogP contribution >= 0.6 is 23.1 Å². The molecule has 1 aliphatic heterocycles. The molecular weight excluding hydrogens is 408 g/mol. The molecule has 7 nitrogen and oxygen atoms in total. The number of piperazine rings is 1. The number of carbonyl (C=O) groups excluding carboxylic acids is 2. The van der Waals surface area contributed by atoms with Crippen molar-refractivity contribution in [3.05, 3.63) is 46.8 Å². The predicted octanol–water partition coefficient (Wildman–Crippen LogP) is 3.05. The molecule has 29 heavy (non-hydrogen) atoms. The third kappa shape index (κ3) is 4.35. The summed E-state index contributed by atoms with van der Waals surface area (Å²) in [6.07, 6.45) is 0.908. The molecule has 0 atom stereocenters. The molecular formula is C20H20N4O3S2. The molecule has 0 saturated carbocycles. The number of thioether (sulfide) groups is 1. The number of benzene rings is 1. The van der Waals surface area contributed by atoms with Gasteiger partial charge in [0.2, 0.25) is 6.41 Å². The Morgan fingerprint density at radius 2 is 1.93 bits per heavy atom. The number of thiophene rings is 1. The lowest BCUT2D eigenvalue weighted by molar-refractivity contribution is -0.118. The van der Waals surface area contributed by atoms with E-state index in [1.54, 1.807) is 40.1 Å². The van der Waals surface area contributed by atoms with Crippen LogP contribution in [0, 0.1) is 0 Å². The van der Waals surface area contributed by atoms with E-state index in [0.717, 1.165) is 46.3 Å². The van der Waals surface area contributed by atoms with Crippen molar-refractivity contribution in [3.8, 4) is 0 Å². The third-order valence-electron chi connectivity index (χ3n) is 4.77. The lowest BCUT2D eigenvalue weighted by Gasteiger charge is -2.33. The van der Waals surface area contributed by atoms with E-state index in [-0.39, 0.29) is 5.97 Å². The summed E-state index contributed by atoms with van der Waals surface area (Å²) in [5.74, 6) is 1.31. The standard InChI is InChI=1S/C20H20N4O3S2/c1-27-19(26)15-4-2-14(3-5-15)12-29-20-21-16-6-11-28-17(16)18(22-20)24-9-7-23(13-25)8-10-24/h2-6,11,13H,7-10,12H2,1H3. The molecule has 0 aliphatic carbocycles. The number of amides is 1. The van der Waals surface area contributed by atoms with E-state index in [9.17, 15) is 9.59 Å². The van der Waals surface area contributed by atoms with Crippen LogP contribution < -0.4 is 4.90 Å². The van der Waals surface area contributed by atoms with Gasteiger partial charge in [-0.3, -0.25) is 4.79 Å². The van der Waals surface area contributed by atoms with Crippen molar-refractivity contribution in [1.29, 1.82) is 0 Å². The van der Waals surface area contributed by atoms with Crippen LogP contribution in [0.2, 0.25) is 0 Å². The zero-order valence-corrected chi connectivity index (χ0v) is 17.5. The van der Waals surface area contributed by atoms with Gasteiger partial charge >= 0.3 is 5.97 Å². The van der Waals surface area contributed by atoms with E-state index < -0.39 is 0 Å². The van der Waals surface area contributed by atoms with E-state index in [4.69, 9.17) is 14.7 Å². The molecule has 1 fully saturated rings. The Morgan fingerprint density at radius 1 is 1.17 bits per heavy atom. The number of hydrogen-bond donors (Lipinski definition) is 0. The molecule has 150 valence electrons. The predicted molar refractivity (Wildman–Crippen MR) is 115 cm³/mol. The van der Waals surface area contributed by atoms with E-state index in [1.165, 1.54) is 7.11 Å². The van der Waals surface area contributed by atoms with Crippen molar-refractivity contribution >= 4 is 51.5 Å². The second-order valence-electron chi connectivity index (χ2n) is 6.57. The van der Waals surface area contributed by atoms with E-state index >= 15 is 0 Å². The van der Waals surface area contributed by atoms with Crippen LogP contribution in [-0.2, 0) is 15.3 Å². The molecule has 0 spiro atoms. The van der Waals surface area contributed by atoms with Crippen molar-refractivity contribution in [1.82, 2.24) is 14.9 Å². The third-order valence-corrected chi connectivity index (χ3v) is 6.59. The molecule has 3 heterocycles. The number of anilines is 1. The first-order valence-corrected chi connectivity index (χ1v) is 11.0. The van der Waals surface area contributed by atoms with Crippen molar-refractivity contribution in [2.75, 3.05) is 38.2 Å². The normalized spacial score (nSPS) is 14.2. The van der Waals surface area contributed by atoms with Gasteiger partial charge in [-0.1, -0.05) is 23.9 Å². The molecule has 9 heteroatoms. The van der Waals surface area contributed by atoms with Gasteiger partial charge in [0.1, 0.15) is 0 Å². The van der Waals surface area contributed by atoms with E-state index in [1.807, 2.05) is 23.6 Å². The average molecular weight is 429 g/mol. The summed E-state index contributed by atoms with van der Waals surface area (Å²) < 4.78 is 5.81. The van der Waals surface area contributed by atoms with Crippen LogP contribution in [0.25, 0.3) is 10.2 Å². The lowest BCUT2D eigenvalue weighted by Crippen LogP contribution is -2.46. The quantitative estimate of drug-likeness (QED) is 0.258. The molecule has 2 aromatic heterocycles. The van der Waals surface area contributed by atoms with Crippen LogP contribution in [0.5, 0.6) is 0 Å². The fourth-order valence-corrected chi connectivity index (χ4v) is 4.80. The summed E-state index contributed by atoms with van der Waals surface area (Å²) in [6, 6.07) is 9.39. The first kappa shape index (κ1) is 19.7. The van der Waals surface area contributed by atoms with Crippen molar-refractivity contribution in [2.24, 2.45) is 0 Å². The van der Waals surface area contributed by atoms with Crippen LogP contribution in [0.1, 0.15) is 15.9 Å². The fourth-order valence-electron chi connectivity index (χ4n) is 3.15. The second-order valence-corrected chi connectivity index (χ2v) is 8.43. The highest BCUT2D eigenvalue weighted by Crippen LogP contribution is 2.32. The van der Waals surface area contributed by atoms with Gasteiger partial charge in [0.15, 0.2) is 11.0 Å². The van der Waals surface area contributed by atoms with Crippen LogP contribution in [0.3, 0.4) is 0 Å². The maximum atomic E-state index is 11.6. The Labute approximate surface area is 176 Å². The lowest BCUT2D eigenvalue weighted by atomic mass is 10.1. The van der Waals surface area contributed by atoms with Crippen molar-refractivity contribution < 1.29 is 14.3 Å². The van der Waals surface area contributed by atoms with E-state index in [2.05, 4.69) is 4.90 Å². The summed E-state index contributed by atoms with van der Waals surface area (Å²) in [4.78, 5) is 36.1. The van der Waals surface area contributed by atoms with Crippen LogP contribution in [-0.4, -0.2) is 60.5 Å². The molecule has 0 N–H and O–H groups in total. The zero-order chi connectivity index (χ0) is 20.2. The number of esters is 1. The zero-order valence-electron chi connectivity index (χ0n) is 15.9. The number of hydrogen-bond acceptors (Lipinski definition) is 8. The number of rotatable bonds is 6. The van der Waals surface area contributed by atoms with Gasteiger partial charge in [-0.25, -0.2) is 14.8 Å². The SMILES string of the molecule is COC(=O)c1ccc(CSc2nc(N3CCN(C=O)CC3)c3sccc3n2)cc1. The molecule has 4 rings (SSSR count). The summed E-state index contributed by atoms with van der Waals surface area (Å²) in [5, 5.41) is 2.76. The minimum Gasteiger partial charge on any atom is -0.465 e. The van der Waals surface area contributed by atoms with Crippen molar-refractivity contribution in [2.45, 2.75) is 10.9 Å². The van der Waals surface area contributed by atoms with Gasteiger partial charge in [0, 0.05) is 31.9 Å². The first-order valence-electron chi connectivity index (χ1n) is 9.17. The number of carbonyl (C=O) groups is 2. The molecule has 3 aromatic rings. The molecule has 1 aromatic carbocycles.